The average Bonchev–Trinajstić information content (AvgIpc) is 2.47. The van der Waals surface area contributed by atoms with Crippen LogP contribution >= 0.6 is 0 Å². The van der Waals surface area contributed by atoms with Crippen LogP contribution in [-0.4, -0.2) is 35.4 Å². The standard InChI is InChI=1S/C15H25N3O/c1-5-7-10-18(12(3)6-2)15(19)14-9-8-13(16-4)11-17-14/h8-9,11-12,16H,5-7,10H2,1-4H3. The Hall–Kier alpha value is -1.58. The highest BCUT2D eigenvalue weighted by molar-refractivity contribution is 5.92. The van der Waals surface area contributed by atoms with Crippen molar-refractivity contribution < 1.29 is 4.79 Å². The van der Waals surface area contributed by atoms with Gasteiger partial charge < -0.3 is 10.2 Å². The fraction of sp³-hybridized carbons (Fsp3) is 0.600. The molecule has 0 fully saturated rings. The summed E-state index contributed by atoms with van der Waals surface area (Å²) in [6.45, 7) is 7.14. The predicted octanol–water partition coefficient (Wildman–Crippen LogP) is 3.16. The zero-order valence-electron chi connectivity index (χ0n) is 12.4. The maximum atomic E-state index is 12.5. The van der Waals surface area contributed by atoms with E-state index >= 15 is 0 Å². The Morgan fingerprint density at radius 1 is 1.42 bits per heavy atom. The van der Waals surface area contributed by atoms with E-state index in [0.29, 0.717) is 5.69 Å². The van der Waals surface area contributed by atoms with Crippen molar-refractivity contribution in [2.75, 3.05) is 18.9 Å². The molecule has 0 bridgehead atoms. The Labute approximate surface area is 116 Å². The molecule has 0 aliphatic heterocycles. The van der Waals surface area contributed by atoms with E-state index in [1.807, 2.05) is 18.0 Å². The highest BCUT2D eigenvalue weighted by atomic mass is 16.2. The number of amides is 1. The molecule has 1 amide bonds. The molecule has 19 heavy (non-hydrogen) atoms. The summed E-state index contributed by atoms with van der Waals surface area (Å²) in [5.74, 6) is 0.0328. The minimum absolute atomic E-state index is 0.0328. The van der Waals surface area contributed by atoms with Gasteiger partial charge in [0.15, 0.2) is 0 Å². The fourth-order valence-corrected chi connectivity index (χ4v) is 1.89. The molecule has 1 heterocycles. The zero-order valence-corrected chi connectivity index (χ0v) is 12.4. The van der Waals surface area contributed by atoms with Crippen molar-refractivity contribution in [3.8, 4) is 0 Å². The molecular formula is C15H25N3O. The molecule has 0 aliphatic rings. The summed E-state index contributed by atoms with van der Waals surface area (Å²) in [4.78, 5) is 18.7. The SMILES string of the molecule is CCCCN(C(=O)c1ccc(NC)cn1)C(C)CC. The van der Waals surface area contributed by atoms with Crippen LogP contribution in [0.25, 0.3) is 0 Å². The maximum absolute atomic E-state index is 12.5. The number of nitrogens with zero attached hydrogens (tertiary/aromatic N) is 2. The first kappa shape index (κ1) is 15.5. The Balaban J connectivity index is 2.84. The second-order valence-electron chi connectivity index (χ2n) is 4.79. The maximum Gasteiger partial charge on any atom is 0.272 e. The lowest BCUT2D eigenvalue weighted by Crippen LogP contribution is -2.39. The van der Waals surface area contributed by atoms with E-state index in [-0.39, 0.29) is 11.9 Å². The van der Waals surface area contributed by atoms with Crippen molar-refractivity contribution in [2.24, 2.45) is 0 Å². The van der Waals surface area contributed by atoms with Crippen molar-refractivity contribution >= 4 is 11.6 Å². The van der Waals surface area contributed by atoms with Gasteiger partial charge in [0.2, 0.25) is 0 Å². The Kier molecular flexibility index (Phi) is 6.33. The molecule has 0 aromatic carbocycles. The average molecular weight is 263 g/mol. The minimum atomic E-state index is 0.0328. The molecule has 4 heteroatoms. The number of carbonyl (C=O) groups is 1. The first-order valence-corrected chi connectivity index (χ1v) is 7.08. The summed E-state index contributed by atoms with van der Waals surface area (Å²) in [5, 5.41) is 3.00. The molecule has 0 radical (unpaired) electrons. The number of pyridine rings is 1. The van der Waals surface area contributed by atoms with Gasteiger partial charge in [0.05, 0.1) is 11.9 Å². The van der Waals surface area contributed by atoms with Crippen LogP contribution in [0.2, 0.25) is 0 Å². The molecule has 0 spiro atoms. The summed E-state index contributed by atoms with van der Waals surface area (Å²) in [6, 6.07) is 3.93. The monoisotopic (exact) mass is 263 g/mol. The van der Waals surface area contributed by atoms with E-state index in [1.54, 1.807) is 12.3 Å². The minimum Gasteiger partial charge on any atom is -0.387 e. The highest BCUT2D eigenvalue weighted by Gasteiger charge is 2.20. The molecule has 106 valence electrons. The molecule has 1 aromatic rings. The van der Waals surface area contributed by atoms with Crippen LogP contribution < -0.4 is 5.32 Å². The van der Waals surface area contributed by atoms with Crippen molar-refractivity contribution in [2.45, 2.75) is 46.1 Å². The predicted molar refractivity (Wildman–Crippen MR) is 79.5 cm³/mol. The van der Waals surface area contributed by atoms with Crippen LogP contribution in [0.1, 0.15) is 50.5 Å². The quantitative estimate of drug-likeness (QED) is 0.822. The van der Waals surface area contributed by atoms with Gasteiger partial charge >= 0.3 is 0 Å². The second kappa shape index (κ2) is 7.77. The van der Waals surface area contributed by atoms with Gasteiger partial charge in [-0.3, -0.25) is 4.79 Å². The number of anilines is 1. The first-order valence-electron chi connectivity index (χ1n) is 7.08. The number of hydrogen-bond donors (Lipinski definition) is 1. The summed E-state index contributed by atoms with van der Waals surface area (Å²) >= 11 is 0. The third-order valence-corrected chi connectivity index (χ3v) is 3.41. The van der Waals surface area contributed by atoms with E-state index in [4.69, 9.17) is 0 Å². The first-order chi connectivity index (χ1) is 9.13. The van der Waals surface area contributed by atoms with Crippen molar-refractivity contribution in [1.82, 2.24) is 9.88 Å². The van der Waals surface area contributed by atoms with Gasteiger partial charge in [-0.1, -0.05) is 20.3 Å². The van der Waals surface area contributed by atoms with E-state index in [0.717, 1.165) is 31.5 Å². The van der Waals surface area contributed by atoms with Gasteiger partial charge in [0, 0.05) is 19.6 Å². The number of rotatable bonds is 7. The third-order valence-electron chi connectivity index (χ3n) is 3.41. The molecule has 0 saturated carbocycles. The van der Waals surface area contributed by atoms with E-state index in [9.17, 15) is 4.79 Å². The normalized spacial score (nSPS) is 12.0. The molecule has 1 N–H and O–H groups in total. The van der Waals surface area contributed by atoms with Crippen LogP contribution in [0.15, 0.2) is 18.3 Å². The zero-order chi connectivity index (χ0) is 14.3. The lowest BCUT2D eigenvalue weighted by Gasteiger charge is -2.28. The molecule has 0 saturated heterocycles. The Morgan fingerprint density at radius 3 is 2.63 bits per heavy atom. The van der Waals surface area contributed by atoms with E-state index in [1.165, 1.54) is 0 Å². The topological polar surface area (TPSA) is 45.2 Å². The van der Waals surface area contributed by atoms with Crippen molar-refractivity contribution in [1.29, 1.82) is 0 Å². The van der Waals surface area contributed by atoms with Crippen molar-refractivity contribution in [3.05, 3.63) is 24.0 Å². The number of carbonyl (C=O) groups excluding carboxylic acids is 1. The molecule has 1 aromatic heterocycles. The highest BCUT2D eigenvalue weighted by Crippen LogP contribution is 2.12. The largest absolute Gasteiger partial charge is 0.387 e. The van der Waals surface area contributed by atoms with Crippen LogP contribution in [0.3, 0.4) is 0 Å². The molecule has 1 unspecified atom stereocenters. The summed E-state index contributed by atoms with van der Waals surface area (Å²) in [7, 11) is 1.84. The molecule has 0 aliphatic carbocycles. The lowest BCUT2D eigenvalue weighted by molar-refractivity contribution is 0.0679. The van der Waals surface area contributed by atoms with Crippen LogP contribution in [0.5, 0.6) is 0 Å². The number of hydrogen-bond acceptors (Lipinski definition) is 3. The van der Waals surface area contributed by atoms with Crippen LogP contribution in [0, 0.1) is 0 Å². The smallest absolute Gasteiger partial charge is 0.272 e. The molecule has 4 nitrogen and oxygen atoms in total. The van der Waals surface area contributed by atoms with Gasteiger partial charge in [-0.15, -0.1) is 0 Å². The van der Waals surface area contributed by atoms with Gasteiger partial charge in [-0.05, 0) is 31.9 Å². The van der Waals surface area contributed by atoms with Gasteiger partial charge in [0.1, 0.15) is 5.69 Å². The second-order valence-corrected chi connectivity index (χ2v) is 4.79. The van der Waals surface area contributed by atoms with Crippen molar-refractivity contribution in [3.63, 3.8) is 0 Å². The van der Waals surface area contributed by atoms with Crippen LogP contribution in [0.4, 0.5) is 5.69 Å². The molecule has 1 rings (SSSR count). The van der Waals surface area contributed by atoms with E-state index in [2.05, 4.69) is 31.1 Å². The van der Waals surface area contributed by atoms with E-state index < -0.39 is 0 Å². The summed E-state index contributed by atoms with van der Waals surface area (Å²) in [5.41, 5.74) is 1.44. The Bertz CT molecular complexity index is 389. The molecular weight excluding hydrogens is 238 g/mol. The third kappa shape index (κ3) is 4.23. The van der Waals surface area contributed by atoms with Gasteiger partial charge in [-0.25, -0.2) is 4.98 Å². The Morgan fingerprint density at radius 2 is 2.16 bits per heavy atom. The fourth-order valence-electron chi connectivity index (χ4n) is 1.89. The number of nitrogens with one attached hydrogen (secondary N) is 1. The van der Waals surface area contributed by atoms with Gasteiger partial charge in [0.25, 0.3) is 5.91 Å². The van der Waals surface area contributed by atoms with Crippen LogP contribution in [-0.2, 0) is 0 Å². The number of aromatic nitrogens is 1. The summed E-state index contributed by atoms with van der Waals surface area (Å²) < 4.78 is 0. The lowest BCUT2D eigenvalue weighted by atomic mass is 10.1. The number of unbranched alkanes of at least 4 members (excludes halogenated alkanes) is 1. The molecule has 1 atom stereocenters. The van der Waals surface area contributed by atoms with Gasteiger partial charge in [-0.2, -0.15) is 0 Å². The summed E-state index contributed by atoms with van der Waals surface area (Å²) in [6.07, 6.45) is 4.78.